The molecule has 0 aliphatic carbocycles. The molecular formula is C27H23F3N4O. The summed E-state index contributed by atoms with van der Waals surface area (Å²) in [5.41, 5.74) is 4.18. The lowest BCUT2D eigenvalue weighted by molar-refractivity contribution is -0.144. The summed E-state index contributed by atoms with van der Waals surface area (Å²) in [5, 5.41) is 3.62. The number of fused-ring (bicyclic) bond motifs is 1. The zero-order valence-corrected chi connectivity index (χ0v) is 18.8. The van der Waals surface area contributed by atoms with Crippen LogP contribution in [0.2, 0.25) is 0 Å². The number of halogens is 3. The number of carbonyl (C=O) groups is 1. The topological polar surface area (TPSA) is 58.1 Å². The van der Waals surface area contributed by atoms with Crippen LogP contribution in [0.25, 0.3) is 22.0 Å². The predicted molar refractivity (Wildman–Crippen MR) is 128 cm³/mol. The van der Waals surface area contributed by atoms with Gasteiger partial charge in [-0.1, -0.05) is 60.7 Å². The van der Waals surface area contributed by atoms with E-state index in [1.165, 1.54) is 0 Å². The van der Waals surface area contributed by atoms with Crippen LogP contribution in [0.3, 0.4) is 0 Å². The van der Waals surface area contributed by atoms with Gasteiger partial charge in [-0.05, 0) is 40.8 Å². The molecule has 1 N–H and O–H groups in total. The third-order valence-electron chi connectivity index (χ3n) is 6.13. The summed E-state index contributed by atoms with van der Waals surface area (Å²) < 4.78 is 40.1. The Morgan fingerprint density at radius 2 is 1.66 bits per heavy atom. The molecule has 0 spiro atoms. The third-order valence-corrected chi connectivity index (χ3v) is 6.13. The van der Waals surface area contributed by atoms with E-state index in [1.807, 2.05) is 53.4 Å². The molecule has 1 fully saturated rings. The third kappa shape index (κ3) is 4.96. The van der Waals surface area contributed by atoms with Crippen molar-refractivity contribution in [3.8, 4) is 11.1 Å². The van der Waals surface area contributed by atoms with E-state index >= 15 is 0 Å². The minimum Gasteiger partial charge on any atom is -0.365 e. The van der Waals surface area contributed by atoms with Gasteiger partial charge in [0, 0.05) is 31.4 Å². The number of amides is 1. The molecule has 35 heavy (non-hydrogen) atoms. The standard InChI is InChI=1S/C27H23F3N4O/c28-27(29,30)26-32-23-9-4-3-8-22(23)25(33-26)31-16-20-6-1-2-7-21(20)19-13-11-18(12-14-19)17-34-15-5-10-24(34)35/h1-4,6-9,11-14H,5,10,15-17H2,(H,31,32,33). The SMILES string of the molecule is O=C1CCCN1Cc1ccc(-c2ccccc2CNc2nc(C(F)(F)F)nc3ccccc23)cc1. The number of para-hydroxylation sites is 1. The van der Waals surface area contributed by atoms with Crippen molar-refractivity contribution in [2.75, 3.05) is 11.9 Å². The van der Waals surface area contributed by atoms with Crippen molar-refractivity contribution in [1.82, 2.24) is 14.9 Å². The second kappa shape index (κ2) is 9.37. The van der Waals surface area contributed by atoms with E-state index in [1.54, 1.807) is 24.3 Å². The molecule has 4 aromatic rings. The first-order valence-corrected chi connectivity index (χ1v) is 11.4. The number of likely N-dealkylation sites (tertiary alicyclic amines) is 1. The van der Waals surface area contributed by atoms with Gasteiger partial charge < -0.3 is 10.2 Å². The average Bonchev–Trinajstić information content (AvgIpc) is 3.26. The molecule has 8 heteroatoms. The van der Waals surface area contributed by atoms with Gasteiger partial charge in [0.05, 0.1) is 5.52 Å². The Balaban J connectivity index is 1.39. The summed E-state index contributed by atoms with van der Waals surface area (Å²) in [4.78, 5) is 21.2. The first kappa shape index (κ1) is 22.8. The molecule has 0 atom stereocenters. The van der Waals surface area contributed by atoms with Crippen LogP contribution in [0.4, 0.5) is 19.0 Å². The lowest BCUT2D eigenvalue weighted by Crippen LogP contribution is -2.23. The van der Waals surface area contributed by atoms with Crippen LogP contribution in [-0.2, 0) is 24.1 Å². The molecule has 2 heterocycles. The monoisotopic (exact) mass is 476 g/mol. The van der Waals surface area contributed by atoms with E-state index in [4.69, 9.17) is 0 Å². The fourth-order valence-corrected chi connectivity index (χ4v) is 4.35. The van der Waals surface area contributed by atoms with Gasteiger partial charge in [0.2, 0.25) is 11.7 Å². The van der Waals surface area contributed by atoms with Crippen LogP contribution in [0.1, 0.15) is 29.8 Å². The second-order valence-corrected chi connectivity index (χ2v) is 8.54. The Bertz CT molecular complexity index is 1370. The lowest BCUT2D eigenvalue weighted by atomic mass is 9.98. The van der Waals surface area contributed by atoms with Gasteiger partial charge in [-0.15, -0.1) is 0 Å². The number of rotatable bonds is 6. The largest absolute Gasteiger partial charge is 0.451 e. The number of nitrogens with zero attached hydrogens (tertiary/aromatic N) is 3. The van der Waals surface area contributed by atoms with Gasteiger partial charge in [-0.3, -0.25) is 4.79 Å². The maximum atomic E-state index is 13.4. The smallest absolute Gasteiger partial charge is 0.365 e. The molecular weight excluding hydrogens is 453 g/mol. The van der Waals surface area contributed by atoms with Crippen LogP contribution in [0, 0.1) is 0 Å². The van der Waals surface area contributed by atoms with Gasteiger partial charge in [-0.2, -0.15) is 13.2 Å². The van der Waals surface area contributed by atoms with Crippen LogP contribution in [0.15, 0.2) is 72.8 Å². The average molecular weight is 477 g/mol. The molecule has 1 aliphatic heterocycles. The highest BCUT2D eigenvalue weighted by atomic mass is 19.4. The van der Waals surface area contributed by atoms with E-state index in [9.17, 15) is 18.0 Å². The minimum absolute atomic E-state index is 0.142. The number of aromatic nitrogens is 2. The fraction of sp³-hybridized carbons (Fsp3) is 0.222. The van der Waals surface area contributed by atoms with Gasteiger partial charge in [0.1, 0.15) is 5.82 Å². The molecule has 178 valence electrons. The van der Waals surface area contributed by atoms with Crippen molar-refractivity contribution in [2.45, 2.75) is 32.1 Å². The van der Waals surface area contributed by atoms with Gasteiger partial charge in [0.25, 0.3) is 0 Å². The molecule has 5 rings (SSSR count). The Labute approximate surface area is 200 Å². The number of carbonyl (C=O) groups excluding carboxylic acids is 1. The van der Waals surface area contributed by atoms with E-state index in [0.717, 1.165) is 35.2 Å². The lowest BCUT2D eigenvalue weighted by Gasteiger charge is -2.16. The molecule has 5 nitrogen and oxygen atoms in total. The normalized spacial score (nSPS) is 14.0. The molecule has 1 amide bonds. The van der Waals surface area contributed by atoms with Gasteiger partial charge >= 0.3 is 6.18 Å². The van der Waals surface area contributed by atoms with Gasteiger partial charge in [-0.25, -0.2) is 9.97 Å². The van der Waals surface area contributed by atoms with Crippen LogP contribution >= 0.6 is 0 Å². The number of benzene rings is 3. The number of alkyl halides is 3. The van der Waals surface area contributed by atoms with Crippen molar-refractivity contribution < 1.29 is 18.0 Å². The quantitative estimate of drug-likeness (QED) is 0.368. The Morgan fingerprint density at radius 3 is 2.40 bits per heavy atom. The zero-order chi connectivity index (χ0) is 24.4. The zero-order valence-electron chi connectivity index (χ0n) is 18.8. The van der Waals surface area contributed by atoms with Crippen molar-refractivity contribution in [1.29, 1.82) is 0 Å². The van der Waals surface area contributed by atoms with Crippen LogP contribution in [0.5, 0.6) is 0 Å². The van der Waals surface area contributed by atoms with E-state index in [-0.39, 0.29) is 17.2 Å². The number of hydrogen-bond acceptors (Lipinski definition) is 4. The number of anilines is 1. The Hall–Kier alpha value is -3.94. The summed E-state index contributed by atoms with van der Waals surface area (Å²) in [7, 11) is 0. The molecule has 0 radical (unpaired) electrons. The summed E-state index contributed by atoms with van der Waals surface area (Å²) in [6, 6.07) is 22.4. The van der Waals surface area contributed by atoms with Crippen LogP contribution < -0.4 is 5.32 Å². The van der Waals surface area contributed by atoms with Crippen molar-refractivity contribution >= 4 is 22.6 Å². The van der Waals surface area contributed by atoms with Crippen molar-refractivity contribution in [3.05, 3.63) is 89.7 Å². The summed E-state index contributed by atoms with van der Waals surface area (Å²) in [6.45, 7) is 1.69. The Morgan fingerprint density at radius 1 is 0.914 bits per heavy atom. The summed E-state index contributed by atoms with van der Waals surface area (Å²) in [5.74, 6) is -0.834. The molecule has 0 unspecified atom stereocenters. The highest BCUT2D eigenvalue weighted by Crippen LogP contribution is 2.31. The van der Waals surface area contributed by atoms with Gasteiger partial charge in [0.15, 0.2) is 0 Å². The summed E-state index contributed by atoms with van der Waals surface area (Å²) >= 11 is 0. The fourth-order valence-electron chi connectivity index (χ4n) is 4.35. The highest BCUT2D eigenvalue weighted by Gasteiger charge is 2.35. The molecule has 1 aliphatic rings. The summed E-state index contributed by atoms with van der Waals surface area (Å²) in [6.07, 6.45) is -3.12. The predicted octanol–water partition coefficient (Wildman–Crippen LogP) is 6.05. The number of hydrogen-bond donors (Lipinski definition) is 1. The maximum absolute atomic E-state index is 13.4. The Kier molecular flexibility index (Phi) is 6.11. The molecule has 0 bridgehead atoms. The number of nitrogens with one attached hydrogen (secondary N) is 1. The molecule has 1 saturated heterocycles. The molecule has 0 saturated carbocycles. The van der Waals surface area contributed by atoms with Crippen molar-refractivity contribution in [2.24, 2.45) is 0 Å². The highest BCUT2D eigenvalue weighted by molar-refractivity contribution is 5.89. The minimum atomic E-state index is -4.64. The van der Waals surface area contributed by atoms with Crippen molar-refractivity contribution in [3.63, 3.8) is 0 Å². The first-order valence-electron chi connectivity index (χ1n) is 11.4. The van der Waals surface area contributed by atoms with E-state index < -0.39 is 12.0 Å². The van der Waals surface area contributed by atoms with E-state index in [0.29, 0.717) is 24.9 Å². The molecule has 1 aromatic heterocycles. The maximum Gasteiger partial charge on any atom is 0.451 e. The molecule has 3 aromatic carbocycles. The van der Waals surface area contributed by atoms with Crippen LogP contribution in [-0.4, -0.2) is 27.3 Å². The van der Waals surface area contributed by atoms with E-state index in [2.05, 4.69) is 15.3 Å². The second-order valence-electron chi connectivity index (χ2n) is 8.54. The first-order chi connectivity index (χ1) is 16.9.